The number of hydrogen-bond donors (Lipinski definition) is 0. The molecule has 0 atom stereocenters. The first-order valence-corrected chi connectivity index (χ1v) is 8.77. The van der Waals surface area contributed by atoms with Gasteiger partial charge in [0, 0.05) is 10.0 Å². The highest BCUT2D eigenvalue weighted by molar-refractivity contribution is 9.10. The van der Waals surface area contributed by atoms with Crippen molar-refractivity contribution in [3.05, 3.63) is 64.8 Å². The lowest BCUT2D eigenvalue weighted by Crippen LogP contribution is -2.02. The predicted octanol–water partition coefficient (Wildman–Crippen LogP) is 3.81. The third-order valence-corrected chi connectivity index (χ3v) is 5.28. The molecular weight excluding hydrogens is 380 g/mol. The summed E-state index contributed by atoms with van der Waals surface area (Å²) in [5, 5.41) is 8.75. The minimum atomic E-state index is -3.94. The van der Waals surface area contributed by atoms with E-state index in [4.69, 9.17) is 4.42 Å². The van der Waals surface area contributed by atoms with Crippen molar-refractivity contribution >= 4 is 25.8 Å². The lowest BCUT2D eigenvalue weighted by atomic mass is 10.2. The van der Waals surface area contributed by atoms with Crippen molar-refractivity contribution in [1.29, 1.82) is 5.26 Å². The van der Waals surface area contributed by atoms with Crippen molar-refractivity contribution in [3.63, 3.8) is 0 Å². The standard InChI is InChI=1S/C16H9BrN2O3S/c17-12-8-6-11(7-9-12)15-19-14(10-18)16(22-15)23(20,21)13-4-2-1-3-5-13/h1-9H. The number of rotatable bonds is 3. The van der Waals surface area contributed by atoms with Crippen LogP contribution in [0.25, 0.3) is 11.5 Å². The van der Waals surface area contributed by atoms with Crippen molar-refractivity contribution in [2.24, 2.45) is 0 Å². The summed E-state index contributed by atoms with van der Waals surface area (Å²) in [5.41, 5.74) is 0.325. The fourth-order valence-electron chi connectivity index (χ4n) is 1.98. The van der Waals surface area contributed by atoms with Gasteiger partial charge < -0.3 is 4.42 Å². The number of benzene rings is 2. The SMILES string of the molecule is N#Cc1nc(-c2ccc(Br)cc2)oc1S(=O)(=O)c1ccccc1. The average molecular weight is 389 g/mol. The van der Waals surface area contributed by atoms with E-state index in [0.29, 0.717) is 5.56 Å². The molecule has 0 aliphatic rings. The zero-order chi connectivity index (χ0) is 16.4. The van der Waals surface area contributed by atoms with Crippen molar-refractivity contribution in [2.75, 3.05) is 0 Å². The van der Waals surface area contributed by atoms with E-state index in [2.05, 4.69) is 20.9 Å². The van der Waals surface area contributed by atoms with Crippen LogP contribution in [0.5, 0.6) is 0 Å². The Morgan fingerprint density at radius 2 is 1.70 bits per heavy atom. The molecule has 0 spiro atoms. The Hall–Kier alpha value is -2.43. The second-order valence-corrected chi connectivity index (χ2v) is 7.36. The Bertz CT molecular complexity index is 988. The summed E-state index contributed by atoms with van der Waals surface area (Å²) in [6, 6.07) is 16.6. The molecule has 0 N–H and O–H groups in total. The molecular formula is C16H9BrN2O3S. The average Bonchev–Trinajstić information content (AvgIpc) is 3.01. The Labute approximate surface area is 141 Å². The Morgan fingerprint density at radius 3 is 2.30 bits per heavy atom. The molecule has 3 aromatic rings. The van der Waals surface area contributed by atoms with E-state index in [0.717, 1.165) is 4.47 Å². The lowest BCUT2D eigenvalue weighted by Gasteiger charge is -2.00. The van der Waals surface area contributed by atoms with Gasteiger partial charge in [-0.05, 0) is 36.4 Å². The molecule has 1 heterocycles. The normalized spacial score (nSPS) is 11.1. The number of aromatic nitrogens is 1. The van der Waals surface area contributed by atoms with Gasteiger partial charge in [0.05, 0.1) is 4.90 Å². The lowest BCUT2D eigenvalue weighted by molar-refractivity contribution is 0.457. The van der Waals surface area contributed by atoms with Gasteiger partial charge in [-0.25, -0.2) is 8.42 Å². The van der Waals surface area contributed by atoms with E-state index < -0.39 is 14.9 Å². The number of oxazole rings is 1. The van der Waals surface area contributed by atoms with Crippen molar-refractivity contribution < 1.29 is 12.8 Å². The topological polar surface area (TPSA) is 84.0 Å². The van der Waals surface area contributed by atoms with Crippen LogP contribution in [0.2, 0.25) is 0 Å². The monoisotopic (exact) mass is 388 g/mol. The Balaban J connectivity index is 2.14. The summed E-state index contributed by atoms with van der Waals surface area (Å²) in [4.78, 5) is 4.05. The number of nitrogens with zero attached hydrogens (tertiary/aromatic N) is 2. The van der Waals surface area contributed by atoms with Gasteiger partial charge in [-0.1, -0.05) is 34.1 Å². The second-order valence-electron chi connectivity index (χ2n) is 4.59. The molecule has 23 heavy (non-hydrogen) atoms. The highest BCUT2D eigenvalue weighted by atomic mass is 79.9. The summed E-state index contributed by atoms with van der Waals surface area (Å²) in [7, 11) is -3.94. The molecule has 0 saturated heterocycles. The minimum Gasteiger partial charge on any atom is -0.423 e. The van der Waals surface area contributed by atoms with Crippen LogP contribution in [0, 0.1) is 11.3 Å². The Morgan fingerprint density at radius 1 is 1.04 bits per heavy atom. The molecule has 0 aliphatic heterocycles. The summed E-state index contributed by atoms with van der Waals surface area (Å²) >= 11 is 3.31. The first-order chi connectivity index (χ1) is 11.0. The number of hydrogen-bond acceptors (Lipinski definition) is 5. The van der Waals surface area contributed by atoms with Crippen LogP contribution in [0.15, 0.2) is 73.5 Å². The predicted molar refractivity (Wildman–Crippen MR) is 86.2 cm³/mol. The molecule has 0 amide bonds. The molecule has 7 heteroatoms. The van der Waals surface area contributed by atoms with Crippen LogP contribution < -0.4 is 0 Å². The molecule has 2 aromatic carbocycles. The molecule has 0 radical (unpaired) electrons. The molecule has 0 unspecified atom stereocenters. The quantitative estimate of drug-likeness (QED) is 0.680. The summed E-state index contributed by atoms with van der Waals surface area (Å²) in [5.74, 6) is 0.0866. The van der Waals surface area contributed by atoms with Gasteiger partial charge in [0.1, 0.15) is 6.07 Å². The van der Waals surface area contributed by atoms with Gasteiger partial charge in [0.2, 0.25) is 15.7 Å². The van der Waals surface area contributed by atoms with Gasteiger partial charge in [-0.2, -0.15) is 10.2 Å². The van der Waals surface area contributed by atoms with E-state index in [9.17, 15) is 13.7 Å². The summed E-state index contributed by atoms with van der Waals surface area (Å²) < 4.78 is 31.5. The van der Waals surface area contributed by atoms with E-state index in [-0.39, 0.29) is 16.5 Å². The van der Waals surface area contributed by atoms with Crippen molar-refractivity contribution in [1.82, 2.24) is 4.98 Å². The maximum Gasteiger partial charge on any atom is 0.261 e. The molecule has 0 saturated carbocycles. The Kier molecular flexibility index (Phi) is 4.03. The van der Waals surface area contributed by atoms with E-state index in [1.165, 1.54) is 12.1 Å². The fraction of sp³-hybridized carbons (Fsp3) is 0. The van der Waals surface area contributed by atoms with E-state index in [1.54, 1.807) is 48.5 Å². The molecule has 0 bridgehead atoms. The van der Waals surface area contributed by atoms with Gasteiger partial charge >= 0.3 is 0 Å². The smallest absolute Gasteiger partial charge is 0.261 e. The van der Waals surface area contributed by atoms with Crippen molar-refractivity contribution in [3.8, 4) is 17.5 Å². The van der Waals surface area contributed by atoms with E-state index in [1.807, 2.05) is 0 Å². The highest BCUT2D eigenvalue weighted by Crippen LogP contribution is 2.29. The summed E-state index contributed by atoms with van der Waals surface area (Å²) in [6.07, 6.45) is 0. The largest absolute Gasteiger partial charge is 0.423 e. The maximum absolute atomic E-state index is 12.6. The van der Waals surface area contributed by atoms with Gasteiger partial charge in [0.25, 0.3) is 5.09 Å². The second kappa shape index (κ2) is 5.99. The zero-order valence-electron chi connectivity index (χ0n) is 11.6. The number of sulfone groups is 1. The first-order valence-electron chi connectivity index (χ1n) is 6.49. The third kappa shape index (κ3) is 2.91. The van der Waals surface area contributed by atoms with Gasteiger partial charge in [0.15, 0.2) is 5.69 Å². The molecule has 3 rings (SSSR count). The third-order valence-electron chi connectivity index (χ3n) is 3.09. The molecule has 114 valence electrons. The number of halogens is 1. The van der Waals surface area contributed by atoms with Crippen LogP contribution in [-0.4, -0.2) is 13.4 Å². The molecule has 5 nitrogen and oxygen atoms in total. The molecule has 1 aromatic heterocycles. The van der Waals surface area contributed by atoms with Crippen LogP contribution >= 0.6 is 15.9 Å². The molecule has 0 fully saturated rings. The highest BCUT2D eigenvalue weighted by Gasteiger charge is 2.28. The summed E-state index contributed by atoms with van der Waals surface area (Å²) in [6.45, 7) is 0. The number of nitriles is 1. The van der Waals surface area contributed by atoms with E-state index >= 15 is 0 Å². The van der Waals surface area contributed by atoms with Crippen LogP contribution in [0.3, 0.4) is 0 Å². The molecule has 0 aliphatic carbocycles. The van der Waals surface area contributed by atoms with Crippen LogP contribution in [-0.2, 0) is 9.84 Å². The van der Waals surface area contributed by atoms with Gasteiger partial charge in [-0.15, -0.1) is 0 Å². The first kappa shape index (κ1) is 15.5. The minimum absolute atomic E-state index is 0.0509. The fourth-order valence-corrected chi connectivity index (χ4v) is 3.51. The zero-order valence-corrected chi connectivity index (χ0v) is 14.0. The van der Waals surface area contributed by atoms with Crippen LogP contribution in [0.4, 0.5) is 0 Å². The van der Waals surface area contributed by atoms with Crippen LogP contribution in [0.1, 0.15) is 5.69 Å². The maximum atomic E-state index is 12.6. The van der Waals surface area contributed by atoms with Gasteiger partial charge in [-0.3, -0.25) is 0 Å². The van der Waals surface area contributed by atoms with Crippen molar-refractivity contribution in [2.45, 2.75) is 9.99 Å².